The molecule has 0 aliphatic carbocycles. The van der Waals surface area contributed by atoms with Crippen LogP contribution in [0.4, 0.5) is 4.39 Å². The van der Waals surface area contributed by atoms with E-state index in [-0.39, 0.29) is 18.0 Å². The van der Waals surface area contributed by atoms with Crippen LogP contribution in [0, 0.1) is 11.8 Å². The lowest BCUT2D eigenvalue weighted by atomic mass is 9.79. The molecule has 0 aromatic carbocycles. The topological polar surface area (TPSA) is 24.4 Å². The van der Waals surface area contributed by atoms with Crippen LogP contribution in [0.15, 0.2) is 4.99 Å². The molecule has 16 heavy (non-hydrogen) atoms. The minimum atomic E-state index is -0.748. The standard InChI is InChI=1S/C13H25FN2/c1-6-10(14)12-11(7-2)15-9(5)16-13(12)8(3)4/h8,10-13H,6-7H2,1-5H3,(H,15,16)/t10?,11?,12-,13-/m0/s1. The Bertz CT molecular complexity index is 250. The first-order valence-corrected chi connectivity index (χ1v) is 6.46. The molecule has 0 spiro atoms. The number of nitrogens with zero attached hydrogens (tertiary/aromatic N) is 1. The highest BCUT2D eigenvalue weighted by molar-refractivity contribution is 5.80. The molecule has 1 heterocycles. The van der Waals surface area contributed by atoms with Gasteiger partial charge in [-0.05, 0) is 25.7 Å². The first-order chi connectivity index (χ1) is 7.51. The van der Waals surface area contributed by atoms with E-state index < -0.39 is 6.17 Å². The lowest BCUT2D eigenvalue weighted by molar-refractivity contribution is 0.127. The summed E-state index contributed by atoms with van der Waals surface area (Å²) >= 11 is 0. The zero-order valence-electron chi connectivity index (χ0n) is 11.1. The molecule has 2 unspecified atom stereocenters. The van der Waals surface area contributed by atoms with E-state index >= 15 is 0 Å². The number of rotatable bonds is 4. The van der Waals surface area contributed by atoms with E-state index in [4.69, 9.17) is 0 Å². The molecule has 1 aliphatic heterocycles. The highest BCUT2D eigenvalue weighted by atomic mass is 19.1. The van der Waals surface area contributed by atoms with E-state index in [0.717, 1.165) is 12.3 Å². The summed E-state index contributed by atoms with van der Waals surface area (Å²) in [6.07, 6.45) is 0.759. The van der Waals surface area contributed by atoms with Crippen molar-refractivity contribution in [1.29, 1.82) is 0 Å². The van der Waals surface area contributed by atoms with Crippen molar-refractivity contribution in [2.24, 2.45) is 16.8 Å². The molecule has 1 N–H and O–H groups in total. The first-order valence-electron chi connectivity index (χ1n) is 6.46. The van der Waals surface area contributed by atoms with Gasteiger partial charge in [-0.15, -0.1) is 0 Å². The molecule has 3 heteroatoms. The van der Waals surface area contributed by atoms with Gasteiger partial charge in [0.25, 0.3) is 0 Å². The normalized spacial score (nSPS) is 32.2. The number of halogens is 1. The van der Waals surface area contributed by atoms with E-state index in [1.54, 1.807) is 0 Å². The predicted molar refractivity (Wildman–Crippen MR) is 67.6 cm³/mol. The molecule has 0 amide bonds. The van der Waals surface area contributed by atoms with Crippen molar-refractivity contribution in [2.45, 2.75) is 65.7 Å². The van der Waals surface area contributed by atoms with Gasteiger partial charge >= 0.3 is 0 Å². The van der Waals surface area contributed by atoms with Gasteiger partial charge in [-0.2, -0.15) is 0 Å². The molecule has 0 saturated carbocycles. The van der Waals surface area contributed by atoms with Crippen LogP contribution in [-0.2, 0) is 0 Å². The molecular formula is C13H25FN2. The third-order valence-corrected chi connectivity index (χ3v) is 3.54. The van der Waals surface area contributed by atoms with Gasteiger partial charge < -0.3 is 5.32 Å². The van der Waals surface area contributed by atoms with Gasteiger partial charge in [0.1, 0.15) is 6.17 Å². The lowest BCUT2D eigenvalue weighted by Gasteiger charge is -2.40. The molecule has 1 aliphatic rings. The number of amidine groups is 1. The van der Waals surface area contributed by atoms with E-state index in [1.165, 1.54) is 0 Å². The summed E-state index contributed by atoms with van der Waals surface area (Å²) in [5.74, 6) is 1.43. The summed E-state index contributed by atoms with van der Waals surface area (Å²) < 4.78 is 14.1. The van der Waals surface area contributed by atoms with Gasteiger partial charge in [-0.1, -0.05) is 27.7 Å². The molecule has 2 nitrogen and oxygen atoms in total. The summed E-state index contributed by atoms with van der Waals surface area (Å²) in [4.78, 5) is 4.55. The van der Waals surface area contributed by atoms with Crippen LogP contribution in [0.25, 0.3) is 0 Å². The van der Waals surface area contributed by atoms with Gasteiger partial charge in [-0.25, -0.2) is 4.39 Å². The molecule has 0 aromatic rings. The maximum atomic E-state index is 14.1. The maximum Gasteiger partial charge on any atom is 0.107 e. The van der Waals surface area contributed by atoms with Crippen LogP contribution in [0.3, 0.4) is 0 Å². The van der Waals surface area contributed by atoms with Crippen LogP contribution in [0.1, 0.15) is 47.5 Å². The minimum Gasteiger partial charge on any atom is -0.371 e. The second-order valence-electron chi connectivity index (χ2n) is 5.11. The largest absolute Gasteiger partial charge is 0.371 e. The fourth-order valence-corrected chi connectivity index (χ4v) is 2.66. The summed E-state index contributed by atoms with van der Waals surface area (Å²) in [5.41, 5.74) is 0. The van der Waals surface area contributed by atoms with E-state index in [1.807, 2.05) is 13.8 Å². The van der Waals surface area contributed by atoms with Gasteiger partial charge in [-0.3, -0.25) is 4.99 Å². The molecule has 94 valence electrons. The lowest BCUT2D eigenvalue weighted by Crippen LogP contribution is -2.54. The number of hydrogen-bond acceptors (Lipinski definition) is 2. The van der Waals surface area contributed by atoms with Crippen molar-refractivity contribution in [3.63, 3.8) is 0 Å². The second kappa shape index (κ2) is 5.65. The van der Waals surface area contributed by atoms with Crippen molar-refractivity contribution < 1.29 is 4.39 Å². The monoisotopic (exact) mass is 228 g/mol. The van der Waals surface area contributed by atoms with Crippen LogP contribution >= 0.6 is 0 Å². The quantitative estimate of drug-likeness (QED) is 0.785. The Kier molecular flexibility index (Phi) is 4.75. The molecule has 0 bridgehead atoms. The average molecular weight is 228 g/mol. The molecular weight excluding hydrogens is 203 g/mol. The Morgan fingerprint density at radius 1 is 1.38 bits per heavy atom. The Hall–Kier alpha value is -0.600. The van der Waals surface area contributed by atoms with Crippen LogP contribution < -0.4 is 5.32 Å². The average Bonchev–Trinajstić information content (AvgIpc) is 2.26. The number of aliphatic imine (C=N–C) groups is 1. The van der Waals surface area contributed by atoms with Gasteiger partial charge in [0, 0.05) is 12.0 Å². The predicted octanol–water partition coefficient (Wildman–Crippen LogP) is 3.18. The highest BCUT2D eigenvalue weighted by Crippen LogP contribution is 2.30. The van der Waals surface area contributed by atoms with Gasteiger partial charge in [0.2, 0.25) is 0 Å². The molecule has 4 atom stereocenters. The maximum absolute atomic E-state index is 14.1. The fourth-order valence-electron chi connectivity index (χ4n) is 2.66. The summed E-state index contributed by atoms with van der Waals surface area (Å²) in [6.45, 7) is 10.3. The van der Waals surface area contributed by atoms with Crippen molar-refractivity contribution >= 4 is 5.84 Å². The van der Waals surface area contributed by atoms with Crippen LogP contribution in [0.5, 0.6) is 0 Å². The van der Waals surface area contributed by atoms with Crippen molar-refractivity contribution in [1.82, 2.24) is 5.32 Å². The zero-order chi connectivity index (χ0) is 12.3. The van der Waals surface area contributed by atoms with Crippen molar-refractivity contribution in [2.75, 3.05) is 0 Å². The van der Waals surface area contributed by atoms with E-state index in [9.17, 15) is 4.39 Å². The third-order valence-electron chi connectivity index (χ3n) is 3.54. The highest BCUT2D eigenvalue weighted by Gasteiger charge is 2.38. The Morgan fingerprint density at radius 2 is 2.00 bits per heavy atom. The second-order valence-corrected chi connectivity index (χ2v) is 5.11. The zero-order valence-corrected chi connectivity index (χ0v) is 11.1. The Balaban J connectivity index is 2.94. The molecule has 1 rings (SSSR count). The Labute approximate surface area is 98.7 Å². The number of hydrogen-bond donors (Lipinski definition) is 1. The summed E-state index contributed by atoms with van der Waals surface area (Å²) in [6, 6.07) is 0.362. The van der Waals surface area contributed by atoms with Crippen molar-refractivity contribution in [3.8, 4) is 0 Å². The molecule has 0 radical (unpaired) electrons. The van der Waals surface area contributed by atoms with Gasteiger partial charge in [0.05, 0.1) is 11.9 Å². The number of nitrogens with one attached hydrogen (secondary N) is 1. The summed E-state index contributed by atoms with van der Waals surface area (Å²) in [7, 11) is 0. The molecule has 0 fully saturated rings. The molecule has 0 aromatic heterocycles. The van der Waals surface area contributed by atoms with Crippen LogP contribution in [-0.4, -0.2) is 24.1 Å². The fraction of sp³-hybridized carbons (Fsp3) is 0.923. The van der Waals surface area contributed by atoms with E-state index in [2.05, 4.69) is 31.1 Å². The van der Waals surface area contributed by atoms with Gasteiger partial charge in [0.15, 0.2) is 0 Å². The summed E-state index contributed by atoms with van der Waals surface area (Å²) in [5, 5.41) is 3.36. The number of alkyl halides is 1. The first kappa shape index (κ1) is 13.5. The molecule has 0 saturated heterocycles. The van der Waals surface area contributed by atoms with E-state index in [0.29, 0.717) is 12.3 Å². The SMILES string of the molecule is CCC(F)[C@H]1C(CC)N=C(C)N[C@H]1C(C)C. The smallest absolute Gasteiger partial charge is 0.107 e. The van der Waals surface area contributed by atoms with Crippen molar-refractivity contribution in [3.05, 3.63) is 0 Å². The Morgan fingerprint density at radius 3 is 2.44 bits per heavy atom. The third kappa shape index (κ3) is 2.74. The van der Waals surface area contributed by atoms with Crippen LogP contribution in [0.2, 0.25) is 0 Å². The minimum absolute atomic E-state index is 0.0266.